The zero-order valence-electron chi connectivity index (χ0n) is 43.2. The highest BCUT2D eigenvalue weighted by molar-refractivity contribution is 7.47. The van der Waals surface area contributed by atoms with Crippen molar-refractivity contribution in [2.45, 2.75) is 187 Å². The molecule has 0 rings (SSSR count). The molecule has 0 saturated heterocycles. The number of phosphoric ester groups is 1. The van der Waals surface area contributed by atoms with Crippen molar-refractivity contribution in [2.24, 2.45) is 0 Å². The SMILES string of the molecule is CC/C=C\C/C=C\C/C=C\C/C=C\C/C=C\CCCC(=O)OC(COC(=O)CC/C=C\C/C=C\C/C=C\C/C=C\CC)COP(=O)(O)OCC(CO)OC(=O)CCCCCCC/C=C\C/C=C\CCC. The predicted octanol–water partition coefficient (Wildman–Crippen LogP) is 15.0. The molecule has 0 aromatic carbocycles. The van der Waals surface area contributed by atoms with E-state index in [0.717, 1.165) is 109 Å². The van der Waals surface area contributed by atoms with Crippen LogP contribution in [0.1, 0.15) is 175 Å². The van der Waals surface area contributed by atoms with Crippen LogP contribution in [0.4, 0.5) is 0 Å². The van der Waals surface area contributed by atoms with Gasteiger partial charge < -0.3 is 24.2 Å². The molecule has 12 heteroatoms. The fourth-order valence-corrected chi connectivity index (χ4v) is 6.93. The molecule has 0 aliphatic heterocycles. The van der Waals surface area contributed by atoms with E-state index in [0.29, 0.717) is 25.7 Å². The molecule has 70 heavy (non-hydrogen) atoms. The number of ether oxygens (including phenoxy) is 3. The van der Waals surface area contributed by atoms with E-state index >= 15 is 0 Å². The van der Waals surface area contributed by atoms with E-state index in [1.54, 1.807) is 0 Å². The standard InChI is InChI=1S/C58H91O11P/c1-4-7-10-13-16-19-22-25-26-27-28-31-34-37-40-43-46-49-58(62)69-55(51-65-56(60)47-44-41-38-35-32-29-23-20-17-14-11-8-5-2)53-67-70(63,64)66-52-54(50-59)68-57(61)48-45-42-39-36-33-30-24-21-18-15-12-9-6-3/h7-8,10-12,15-17,19-21,24-26,28-29,31-32,37-38,40-41,54-55,59H,4-6,9,13-14,18,22-23,27,30,33-36,39,42-53H2,1-3H3,(H,63,64)/b10-7-,11-8-,15-12-,19-16-,20-17-,24-21-,26-25-,31-28-,32-29-,40-37-,41-38-. The fraction of sp³-hybridized carbons (Fsp3) is 0.569. The second-order valence-corrected chi connectivity index (χ2v) is 18.0. The summed E-state index contributed by atoms with van der Waals surface area (Å²) in [6.07, 6.45) is 63.0. The van der Waals surface area contributed by atoms with Crippen molar-refractivity contribution in [3.8, 4) is 0 Å². The van der Waals surface area contributed by atoms with Gasteiger partial charge in [-0.15, -0.1) is 0 Å². The van der Waals surface area contributed by atoms with Crippen LogP contribution in [-0.2, 0) is 42.2 Å². The molecule has 2 N–H and O–H groups in total. The highest BCUT2D eigenvalue weighted by atomic mass is 31.2. The van der Waals surface area contributed by atoms with Crippen molar-refractivity contribution in [1.82, 2.24) is 0 Å². The predicted molar refractivity (Wildman–Crippen MR) is 288 cm³/mol. The highest BCUT2D eigenvalue weighted by Crippen LogP contribution is 2.43. The maximum Gasteiger partial charge on any atom is 0.472 e. The van der Waals surface area contributed by atoms with Gasteiger partial charge in [0.2, 0.25) is 0 Å². The molecule has 0 aliphatic rings. The maximum absolute atomic E-state index is 12.8. The smallest absolute Gasteiger partial charge is 0.462 e. The Morgan fingerprint density at radius 1 is 0.414 bits per heavy atom. The van der Waals surface area contributed by atoms with E-state index in [-0.39, 0.29) is 19.3 Å². The van der Waals surface area contributed by atoms with E-state index < -0.39 is 64.4 Å². The maximum atomic E-state index is 12.8. The Balaban J connectivity index is 4.94. The van der Waals surface area contributed by atoms with E-state index in [1.807, 2.05) is 24.3 Å². The number of hydrogen-bond acceptors (Lipinski definition) is 10. The number of phosphoric acid groups is 1. The van der Waals surface area contributed by atoms with Crippen LogP contribution in [0, 0.1) is 0 Å². The summed E-state index contributed by atoms with van der Waals surface area (Å²) in [5.74, 6) is -1.67. The molecule has 0 spiro atoms. The van der Waals surface area contributed by atoms with Gasteiger partial charge in [-0.3, -0.25) is 23.4 Å². The van der Waals surface area contributed by atoms with Crippen LogP contribution in [0.25, 0.3) is 0 Å². The second kappa shape index (κ2) is 51.0. The van der Waals surface area contributed by atoms with Gasteiger partial charge in [-0.25, -0.2) is 4.57 Å². The lowest BCUT2D eigenvalue weighted by Gasteiger charge is -2.21. The monoisotopic (exact) mass is 995 g/mol. The third-order valence-electron chi connectivity index (χ3n) is 10.0. The number of carbonyl (C=O) groups is 3. The molecule has 0 fully saturated rings. The van der Waals surface area contributed by atoms with Crippen LogP contribution in [-0.4, -0.2) is 66.5 Å². The molecular formula is C58H91O11P. The minimum atomic E-state index is -4.78. The number of aliphatic hydroxyl groups is 1. The minimum Gasteiger partial charge on any atom is -0.462 e. The summed E-state index contributed by atoms with van der Waals surface area (Å²) in [7, 11) is -4.78. The van der Waals surface area contributed by atoms with Crippen LogP contribution >= 0.6 is 7.82 Å². The van der Waals surface area contributed by atoms with E-state index in [1.165, 1.54) is 0 Å². The van der Waals surface area contributed by atoms with Crippen LogP contribution in [0.2, 0.25) is 0 Å². The zero-order chi connectivity index (χ0) is 51.3. The Labute approximate surface area is 423 Å². The van der Waals surface area contributed by atoms with Gasteiger partial charge in [-0.05, 0) is 109 Å². The van der Waals surface area contributed by atoms with Crippen molar-refractivity contribution in [2.75, 3.05) is 26.4 Å². The highest BCUT2D eigenvalue weighted by Gasteiger charge is 2.28. The number of esters is 3. The van der Waals surface area contributed by atoms with Gasteiger partial charge >= 0.3 is 25.7 Å². The lowest BCUT2D eigenvalue weighted by atomic mass is 10.1. The fourth-order valence-electron chi connectivity index (χ4n) is 6.15. The van der Waals surface area contributed by atoms with Crippen LogP contribution in [0.15, 0.2) is 134 Å². The summed E-state index contributed by atoms with van der Waals surface area (Å²) in [6.45, 7) is 4.14. The lowest BCUT2D eigenvalue weighted by Crippen LogP contribution is -2.30. The summed E-state index contributed by atoms with van der Waals surface area (Å²) in [6, 6.07) is 0. The molecule has 0 radical (unpaired) electrons. The van der Waals surface area contributed by atoms with E-state index in [2.05, 4.69) is 130 Å². The molecule has 0 bridgehead atoms. The molecule has 3 unspecified atom stereocenters. The summed E-state index contributed by atoms with van der Waals surface area (Å²) in [4.78, 5) is 48.3. The third-order valence-corrected chi connectivity index (χ3v) is 11.0. The van der Waals surface area contributed by atoms with Crippen molar-refractivity contribution >= 4 is 25.7 Å². The van der Waals surface area contributed by atoms with Crippen LogP contribution in [0.5, 0.6) is 0 Å². The first-order valence-electron chi connectivity index (χ1n) is 26.1. The minimum absolute atomic E-state index is 0.0660. The van der Waals surface area contributed by atoms with E-state index in [9.17, 15) is 28.9 Å². The molecule has 3 atom stereocenters. The Morgan fingerprint density at radius 3 is 1.26 bits per heavy atom. The Bertz CT molecular complexity index is 1680. The van der Waals surface area contributed by atoms with E-state index in [4.69, 9.17) is 23.3 Å². The Kier molecular flexibility index (Phi) is 47.8. The quantitative estimate of drug-likeness (QED) is 0.0197. The first-order valence-corrected chi connectivity index (χ1v) is 27.6. The van der Waals surface area contributed by atoms with Gasteiger partial charge in [0.25, 0.3) is 0 Å². The molecule has 0 heterocycles. The molecule has 0 aromatic rings. The van der Waals surface area contributed by atoms with Gasteiger partial charge in [0.15, 0.2) is 6.10 Å². The van der Waals surface area contributed by atoms with Gasteiger partial charge in [0.05, 0.1) is 19.8 Å². The van der Waals surface area contributed by atoms with Crippen LogP contribution in [0.3, 0.4) is 0 Å². The summed E-state index contributed by atoms with van der Waals surface area (Å²) in [5.41, 5.74) is 0. The van der Waals surface area contributed by atoms with Gasteiger partial charge in [-0.1, -0.05) is 180 Å². The average molecular weight is 995 g/mol. The molecule has 0 saturated carbocycles. The van der Waals surface area contributed by atoms with Crippen molar-refractivity contribution in [3.63, 3.8) is 0 Å². The Morgan fingerprint density at radius 2 is 0.786 bits per heavy atom. The zero-order valence-corrected chi connectivity index (χ0v) is 44.1. The number of hydrogen-bond donors (Lipinski definition) is 2. The van der Waals surface area contributed by atoms with Gasteiger partial charge in [0.1, 0.15) is 12.7 Å². The summed E-state index contributed by atoms with van der Waals surface area (Å²) < 4.78 is 39.2. The third kappa shape index (κ3) is 48.6. The first kappa shape index (κ1) is 65.6. The largest absolute Gasteiger partial charge is 0.472 e. The molecule has 394 valence electrons. The van der Waals surface area contributed by atoms with Gasteiger partial charge in [-0.2, -0.15) is 0 Å². The number of rotatable bonds is 46. The Hall–Kier alpha value is -4.38. The van der Waals surface area contributed by atoms with Crippen LogP contribution < -0.4 is 0 Å². The first-order chi connectivity index (χ1) is 34.2. The number of unbranched alkanes of at least 4 members (excludes halogenated alkanes) is 7. The molecule has 0 aliphatic carbocycles. The molecular weight excluding hydrogens is 904 g/mol. The topological polar surface area (TPSA) is 155 Å². The summed E-state index contributed by atoms with van der Waals surface area (Å²) in [5, 5.41) is 9.77. The summed E-state index contributed by atoms with van der Waals surface area (Å²) >= 11 is 0. The number of carbonyl (C=O) groups excluding carboxylic acids is 3. The lowest BCUT2D eigenvalue weighted by molar-refractivity contribution is -0.161. The average Bonchev–Trinajstić information content (AvgIpc) is 3.35. The second-order valence-electron chi connectivity index (χ2n) is 16.6. The van der Waals surface area contributed by atoms with Gasteiger partial charge in [0, 0.05) is 19.3 Å². The number of aliphatic hydroxyl groups excluding tert-OH is 1. The number of allylic oxidation sites excluding steroid dienone is 22. The van der Waals surface area contributed by atoms with Crippen molar-refractivity contribution in [3.05, 3.63) is 134 Å². The van der Waals surface area contributed by atoms with Crippen molar-refractivity contribution in [1.29, 1.82) is 0 Å². The molecule has 0 aromatic heterocycles. The van der Waals surface area contributed by atoms with Crippen molar-refractivity contribution < 1.29 is 52.2 Å². The molecule has 11 nitrogen and oxygen atoms in total. The normalized spacial score (nSPS) is 14.5. The molecule has 0 amide bonds.